The molecule has 1 unspecified atom stereocenters. The molecule has 3 rings (SSSR count). The summed E-state index contributed by atoms with van der Waals surface area (Å²) in [4.78, 5) is 14.7. The van der Waals surface area contributed by atoms with E-state index >= 15 is 0 Å². The first-order valence-electron chi connectivity index (χ1n) is 8.75. The summed E-state index contributed by atoms with van der Waals surface area (Å²) in [6, 6.07) is 7.77. The second kappa shape index (κ2) is 9.03. The van der Waals surface area contributed by atoms with E-state index in [0.29, 0.717) is 16.8 Å². The molecule has 1 amide bonds. The van der Waals surface area contributed by atoms with Crippen LogP contribution in [0.3, 0.4) is 0 Å². The van der Waals surface area contributed by atoms with Gasteiger partial charge in [-0.2, -0.15) is 0 Å². The Hall–Kier alpha value is -1.83. The molecule has 7 heteroatoms. The van der Waals surface area contributed by atoms with Crippen LogP contribution in [0.2, 0.25) is 0 Å². The number of piperidine rings is 1. The smallest absolute Gasteiger partial charge is 0.257 e. The van der Waals surface area contributed by atoms with Crippen molar-refractivity contribution >= 4 is 22.4 Å². The average molecular weight is 360 g/mol. The molecule has 2 heterocycles. The highest BCUT2D eigenvalue weighted by Gasteiger charge is 2.20. The molecule has 0 saturated carbocycles. The summed E-state index contributed by atoms with van der Waals surface area (Å²) < 4.78 is 5.90. The number of nitrogens with zero attached hydrogens (tertiary/aromatic N) is 3. The van der Waals surface area contributed by atoms with Crippen LogP contribution >= 0.6 is 11.3 Å². The fraction of sp³-hybridized carbons (Fsp3) is 0.500. The Bertz CT molecular complexity index is 677. The van der Waals surface area contributed by atoms with E-state index in [1.165, 1.54) is 11.3 Å². The fourth-order valence-corrected chi connectivity index (χ4v) is 3.48. The van der Waals surface area contributed by atoms with E-state index in [0.717, 1.165) is 51.1 Å². The zero-order valence-electron chi connectivity index (χ0n) is 14.5. The van der Waals surface area contributed by atoms with E-state index in [-0.39, 0.29) is 5.91 Å². The minimum Gasteiger partial charge on any atom is -0.377 e. The predicted octanol–water partition coefficient (Wildman–Crippen LogP) is 3.18. The van der Waals surface area contributed by atoms with Crippen LogP contribution in [-0.2, 0) is 11.3 Å². The van der Waals surface area contributed by atoms with Crippen LogP contribution in [0.25, 0.3) is 0 Å². The molecule has 0 aliphatic carbocycles. The highest BCUT2D eigenvalue weighted by atomic mass is 32.1. The van der Waals surface area contributed by atoms with E-state index in [9.17, 15) is 4.79 Å². The van der Waals surface area contributed by atoms with E-state index in [1.54, 1.807) is 5.51 Å². The maximum absolute atomic E-state index is 12.3. The van der Waals surface area contributed by atoms with Gasteiger partial charge in [-0.25, -0.2) is 0 Å². The molecule has 0 bridgehead atoms. The Morgan fingerprint density at radius 3 is 3.20 bits per heavy atom. The minimum atomic E-state index is -0.151. The van der Waals surface area contributed by atoms with Gasteiger partial charge in [0.25, 0.3) is 5.91 Å². The monoisotopic (exact) mass is 360 g/mol. The molecule has 25 heavy (non-hydrogen) atoms. The number of benzene rings is 1. The quantitative estimate of drug-likeness (QED) is 0.821. The van der Waals surface area contributed by atoms with Gasteiger partial charge in [-0.1, -0.05) is 30.4 Å². The third-order valence-corrected chi connectivity index (χ3v) is 4.80. The number of amides is 1. The minimum absolute atomic E-state index is 0.151. The van der Waals surface area contributed by atoms with Gasteiger partial charge in [0.05, 0.1) is 6.10 Å². The number of aromatic nitrogens is 2. The summed E-state index contributed by atoms with van der Waals surface area (Å²) in [5.74, 6) is -0.151. The van der Waals surface area contributed by atoms with Crippen LogP contribution in [0.15, 0.2) is 29.8 Å². The maximum atomic E-state index is 12.3. The highest BCUT2D eigenvalue weighted by molar-refractivity contribution is 7.13. The number of likely N-dealkylation sites (tertiary alicyclic amines) is 1. The van der Waals surface area contributed by atoms with E-state index < -0.39 is 0 Å². The lowest BCUT2D eigenvalue weighted by Crippen LogP contribution is -2.39. The summed E-state index contributed by atoms with van der Waals surface area (Å²) in [7, 11) is 0. The van der Waals surface area contributed by atoms with Crippen molar-refractivity contribution in [3.63, 3.8) is 0 Å². The lowest BCUT2D eigenvalue weighted by molar-refractivity contribution is -0.00223. The van der Waals surface area contributed by atoms with Crippen molar-refractivity contribution in [3.05, 3.63) is 40.9 Å². The molecule has 1 atom stereocenters. The third kappa shape index (κ3) is 5.32. The molecule has 134 valence electrons. The average Bonchev–Trinajstić information content (AvgIpc) is 3.13. The number of carbonyl (C=O) groups excluding carboxylic acids is 1. The molecule has 1 aliphatic rings. The molecular weight excluding hydrogens is 336 g/mol. The molecule has 1 aromatic heterocycles. The first-order valence-corrected chi connectivity index (χ1v) is 9.63. The van der Waals surface area contributed by atoms with Crippen LogP contribution in [0, 0.1) is 0 Å². The molecule has 6 nitrogen and oxygen atoms in total. The first kappa shape index (κ1) is 18.0. The molecule has 1 saturated heterocycles. The van der Waals surface area contributed by atoms with Crippen LogP contribution in [-0.4, -0.2) is 46.8 Å². The summed E-state index contributed by atoms with van der Waals surface area (Å²) in [5.41, 5.74) is 3.38. The van der Waals surface area contributed by atoms with Gasteiger partial charge in [-0.15, -0.1) is 10.2 Å². The van der Waals surface area contributed by atoms with Crippen molar-refractivity contribution in [2.75, 3.05) is 25.0 Å². The van der Waals surface area contributed by atoms with Crippen molar-refractivity contribution in [2.24, 2.45) is 0 Å². The summed E-state index contributed by atoms with van der Waals surface area (Å²) in [5, 5.41) is 10.9. The van der Waals surface area contributed by atoms with Gasteiger partial charge >= 0.3 is 0 Å². The van der Waals surface area contributed by atoms with Crippen LogP contribution in [0.1, 0.15) is 42.1 Å². The number of hydrogen-bond acceptors (Lipinski definition) is 6. The number of nitrogens with one attached hydrogen (secondary N) is 1. The van der Waals surface area contributed by atoms with Gasteiger partial charge in [0.15, 0.2) is 0 Å². The third-order valence-electron chi connectivity index (χ3n) is 4.20. The standard InChI is InChI=1S/C18H24N4O2S/c1-2-9-24-16-7-4-8-22(12-16)11-14-5-3-6-15(10-14)17(23)20-18-21-19-13-25-18/h3,5-6,10,13,16H,2,4,7-9,11-12H2,1H3,(H,20,21,23). The second-order valence-electron chi connectivity index (χ2n) is 6.27. The number of rotatable bonds is 7. The molecule has 1 aliphatic heterocycles. The van der Waals surface area contributed by atoms with Gasteiger partial charge in [-0.3, -0.25) is 15.0 Å². The van der Waals surface area contributed by atoms with Gasteiger partial charge < -0.3 is 4.74 Å². The zero-order valence-corrected chi connectivity index (χ0v) is 15.3. The Morgan fingerprint density at radius 2 is 2.40 bits per heavy atom. The number of anilines is 1. The number of ether oxygens (including phenoxy) is 1. The molecular formula is C18H24N4O2S. The Morgan fingerprint density at radius 1 is 1.48 bits per heavy atom. The molecule has 2 aromatic rings. The van der Waals surface area contributed by atoms with Crippen molar-refractivity contribution in [2.45, 2.75) is 38.8 Å². The Balaban J connectivity index is 1.58. The first-order chi connectivity index (χ1) is 12.2. The normalized spacial score (nSPS) is 18.2. The van der Waals surface area contributed by atoms with Crippen molar-refractivity contribution in [3.8, 4) is 0 Å². The summed E-state index contributed by atoms with van der Waals surface area (Å²) in [6.07, 6.45) is 3.69. The van der Waals surface area contributed by atoms with Crippen molar-refractivity contribution < 1.29 is 9.53 Å². The lowest BCUT2D eigenvalue weighted by Gasteiger charge is -2.32. The largest absolute Gasteiger partial charge is 0.377 e. The molecule has 1 N–H and O–H groups in total. The molecule has 0 spiro atoms. The molecule has 0 radical (unpaired) electrons. The van der Waals surface area contributed by atoms with Gasteiger partial charge in [0.1, 0.15) is 5.51 Å². The van der Waals surface area contributed by atoms with E-state index in [4.69, 9.17) is 4.74 Å². The van der Waals surface area contributed by atoms with Crippen molar-refractivity contribution in [1.29, 1.82) is 0 Å². The molecule has 1 fully saturated rings. The Labute approximate surface area is 152 Å². The van der Waals surface area contributed by atoms with Crippen LogP contribution in [0.5, 0.6) is 0 Å². The summed E-state index contributed by atoms with van der Waals surface area (Å²) in [6.45, 7) is 5.85. The van der Waals surface area contributed by atoms with Gasteiger partial charge in [0, 0.05) is 25.3 Å². The van der Waals surface area contributed by atoms with Crippen LogP contribution < -0.4 is 5.32 Å². The lowest BCUT2D eigenvalue weighted by atomic mass is 10.1. The fourth-order valence-electron chi connectivity index (χ4n) is 3.04. The van der Waals surface area contributed by atoms with Gasteiger partial charge in [0.2, 0.25) is 5.13 Å². The zero-order chi connectivity index (χ0) is 17.5. The number of carbonyl (C=O) groups is 1. The SMILES string of the molecule is CCCOC1CCCN(Cc2cccc(C(=O)Nc3nncs3)c2)C1. The predicted molar refractivity (Wildman–Crippen MR) is 98.8 cm³/mol. The van der Waals surface area contributed by atoms with E-state index in [2.05, 4.69) is 33.4 Å². The van der Waals surface area contributed by atoms with Crippen molar-refractivity contribution in [1.82, 2.24) is 15.1 Å². The molecule has 1 aromatic carbocycles. The van der Waals surface area contributed by atoms with Crippen LogP contribution in [0.4, 0.5) is 5.13 Å². The Kier molecular flexibility index (Phi) is 6.49. The summed E-state index contributed by atoms with van der Waals surface area (Å²) >= 11 is 1.31. The van der Waals surface area contributed by atoms with Gasteiger partial charge in [-0.05, 0) is 43.5 Å². The number of hydrogen-bond donors (Lipinski definition) is 1. The topological polar surface area (TPSA) is 67.3 Å². The maximum Gasteiger partial charge on any atom is 0.257 e. The second-order valence-corrected chi connectivity index (χ2v) is 7.10. The highest BCUT2D eigenvalue weighted by Crippen LogP contribution is 2.18. The van der Waals surface area contributed by atoms with E-state index in [1.807, 2.05) is 18.2 Å².